The van der Waals surface area contributed by atoms with Crippen LogP contribution < -0.4 is 10.0 Å². The molecule has 0 fully saturated rings. The van der Waals surface area contributed by atoms with E-state index in [2.05, 4.69) is 20.2 Å². The summed E-state index contributed by atoms with van der Waals surface area (Å²) in [6.07, 6.45) is 1.61. The van der Waals surface area contributed by atoms with Crippen LogP contribution in [0.2, 0.25) is 0 Å². The second kappa shape index (κ2) is 8.32. The molecular weight excluding hydrogens is 348 g/mol. The molecule has 0 atom stereocenters. The number of rotatable bonds is 8. The maximum Gasteiger partial charge on any atom is 0.240 e. The van der Waals surface area contributed by atoms with Crippen molar-refractivity contribution in [2.45, 2.75) is 38.0 Å². The van der Waals surface area contributed by atoms with Gasteiger partial charge in [0.05, 0.1) is 4.90 Å². The van der Waals surface area contributed by atoms with E-state index in [1.807, 2.05) is 13.8 Å². The molecule has 2 rings (SSSR count). The van der Waals surface area contributed by atoms with E-state index < -0.39 is 10.0 Å². The van der Waals surface area contributed by atoms with E-state index in [1.165, 1.54) is 11.3 Å². The molecule has 7 nitrogen and oxygen atoms in total. The van der Waals surface area contributed by atoms with E-state index in [0.29, 0.717) is 23.0 Å². The highest BCUT2D eigenvalue weighted by Crippen LogP contribution is 2.16. The van der Waals surface area contributed by atoms with Gasteiger partial charge in [-0.15, -0.1) is 10.2 Å². The van der Waals surface area contributed by atoms with Crippen LogP contribution in [0.15, 0.2) is 29.2 Å². The summed E-state index contributed by atoms with van der Waals surface area (Å²) >= 11 is 1.25. The third kappa shape index (κ3) is 5.36. The van der Waals surface area contributed by atoms with Crippen LogP contribution in [0.4, 0.5) is 5.13 Å². The van der Waals surface area contributed by atoms with E-state index in [9.17, 15) is 13.2 Å². The van der Waals surface area contributed by atoms with Crippen molar-refractivity contribution in [1.29, 1.82) is 0 Å². The van der Waals surface area contributed by atoms with Gasteiger partial charge in [0.25, 0.3) is 0 Å². The fourth-order valence-electron chi connectivity index (χ4n) is 1.91. The zero-order valence-electron chi connectivity index (χ0n) is 13.6. The van der Waals surface area contributed by atoms with E-state index in [4.69, 9.17) is 0 Å². The summed E-state index contributed by atoms with van der Waals surface area (Å²) in [4.78, 5) is 11.7. The molecule has 1 aromatic carbocycles. The number of aromatic nitrogens is 2. The minimum atomic E-state index is -3.53. The van der Waals surface area contributed by atoms with Crippen molar-refractivity contribution in [3.63, 3.8) is 0 Å². The van der Waals surface area contributed by atoms with Crippen LogP contribution in [0, 0.1) is 6.92 Å². The fraction of sp³-hybridized carbons (Fsp3) is 0.400. The second-order valence-electron chi connectivity index (χ2n) is 5.26. The molecule has 130 valence electrons. The molecule has 0 saturated carbocycles. The first-order valence-corrected chi connectivity index (χ1v) is 9.89. The Bertz CT molecular complexity index is 785. The maximum atomic E-state index is 12.2. The van der Waals surface area contributed by atoms with Crippen LogP contribution in [-0.4, -0.2) is 31.1 Å². The van der Waals surface area contributed by atoms with Crippen molar-refractivity contribution in [2.75, 3.05) is 11.9 Å². The number of carbonyl (C=O) groups is 1. The first kappa shape index (κ1) is 18.5. The average molecular weight is 368 g/mol. The van der Waals surface area contributed by atoms with Gasteiger partial charge in [-0.3, -0.25) is 4.79 Å². The fourth-order valence-corrected chi connectivity index (χ4v) is 3.69. The number of hydrogen-bond acceptors (Lipinski definition) is 6. The smallest absolute Gasteiger partial charge is 0.240 e. The molecule has 2 aromatic rings. The number of sulfonamides is 1. The summed E-state index contributed by atoms with van der Waals surface area (Å²) < 4.78 is 26.8. The number of amides is 1. The lowest BCUT2D eigenvalue weighted by Gasteiger charge is -2.05. The molecule has 0 aliphatic rings. The van der Waals surface area contributed by atoms with Crippen molar-refractivity contribution in [1.82, 2.24) is 14.9 Å². The SMILES string of the molecule is CCCC(=O)Nc1nnc(CCNS(=O)(=O)c2ccc(C)cc2)s1. The lowest BCUT2D eigenvalue weighted by Crippen LogP contribution is -2.25. The predicted octanol–water partition coefficient (Wildman–Crippen LogP) is 2.11. The Morgan fingerprint density at radius 1 is 1.21 bits per heavy atom. The number of nitrogens with one attached hydrogen (secondary N) is 2. The summed E-state index contributed by atoms with van der Waals surface area (Å²) in [5, 5.41) is 11.6. The van der Waals surface area contributed by atoms with Gasteiger partial charge in [-0.1, -0.05) is 36.0 Å². The Labute approximate surface area is 145 Å². The molecule has 0 aliphatic heterocycles. The van der Waals surface area contributed by atoms with Gasteiger partial charge in [-0.05, 0) is 25.5 Å². The van der Waals surface area contributed by atoms with Gasteiger partial charge in [0, 0.05) is 19.4 Å². The molecule has 0 aliphatic carbocycles. The molecule has 0 spiro atoms. The predicted molar refractivity (Wildman–Crippen MR) is 93.5 cm³/mol. The monoisotopic (exact) mass is 368 g/mol. The molecule has 1 aromatic heterocycles. The highest BCUT2D eigenvalue weighted by Gasteiger charge is 2.14. The maximum absolute atomic E-state index is 12.2. The van der Waals surface area contributed by atoms with Crippen molar-refractivity contribution < 1.29 is 13.2 Å². The number of carbonyl (C=O) groups excluding carboxylic acids is 1. The van der Waals surface area contributed by atoms with E-state index in [1.54, 1.807) is 24.3 Å². The van der Waals surface area contributed by atoms with Crippen LogP contribution in [0.25, 0.3) is 0 Å². The number of anilines is 1. The molecule has 0 saturated heterocycles. The molecule has 0 bridgehead atoms. The largest absolute Gasteiger partial charge is 0.301 e. The Kier molecular flexibility index (Phi) is 6.41. The third-order valence-electron chi connectivity index (χ3n) is 3.15. The Balaban J connectivity index is 1.86. The van der Waals surface area contributed by atoms with Gasteiger partial charge in [-0.2, -0.15) is 0 Å². The van der Waals surface area contributed by atoms with Gasteiger partial charge in [0.15, 0.2) is 0 Å². The van der Waals surface area contributed by atoms with Gasteiger partial charge in [-0.25, -0.2) is 13.1 Å². The first-order chi connectivity index (χ1) is 11.4. The van der Waals surface area contributed by atoms with Crippen molar-refractivity contribution in [2.24, 2.45) is 0 Å². The van der Waals surface area contributed by atoms with Gasteiger partial charge >= 0.3 is 0 Å². The average Bonchev–Trinajstić information content (AvgIpc) is 2.95. The molecule has 1 heterocycles. The Hall–Kier alpha value is -1.84. The van der Waals surface area contributed by atoms with Crippen LogP contribution in [0.5, 0.6) is 0 Å². The van der Waals surface area contributed by atoms with Crippen molar-refractivity contribution in [3.05, 3.63) is 34.8 Å². The van der Waals surface area contributed by atoms with E-state index >= 15 is 0 Å². The summed E-state index contributed by atoms with van der Waals surface area (Å²) in [6.45, 7) is 4.04. The number of aryl methyl sites for hydroxylation is 1. The van der Waals surface area contributed by atoms with Crippen LogP contribution in [0.3, 0.4) is 0 Å². The summed E-state index contributed by atoms with van der Waals surface area (Å²) in [7, 11) is -3.53. The molecule has 1 amide bonds. The third-order valence-corrected chi connectivity index (χ3v) is 5.53. The molecule has 24 heavy (non-hydrogen) atoms. The minimum Gasteiger partial charge on any atom is -0.301 e. The normalized spacial score (nSPS) is 11.4. The summed E-state index contributed by atoms with van der Waals surface area (Å²) in [6, 6.07) is 6.66. The van der Waals surface area contributed by atoms with Crippen molar-refractivity contribution in [3.8, 4) is 0 Å². The van der Waals surface area contributed by atoms with E-state index in [-0.39, 0.29) is 17.3 Å². The van der Waals surface area contributed by atoms with Gasteiger partial charge in [0.1, 0.15) is 5.01 Å². The van der Waals surface area contributed by atoms with E-state index in [0.717, 1.165) is 12.0 Å². The van der Waals surface area contributed by atoms with Gasteiger partial charge in [0.2, 0.25) is 21.1 Å². The molecule has 0 radical (unpaired) electrons. The number of hydrogen-bond donors (Lipinski definition) is 2. The highest BCUT2D eigenvalue weighted by atomic mass is 32.2. The minimum absolute atomic E-state index is 0.0970. The quantitative estimate of drug-likeness (QED) is 0.743. The summed E-state index contributed by atoms with van der Waals surface area (Å²) in [5.74, 6) is -0.0970. The number of benzene rings is 1. The standard InChI is InChI=1S/C15H20N4O3S2/c1-3-4-13(20)17-15-19-18-14(23-15)9-10-16-24(21,22)12-7-5-11(2)6-8-12/h5-8,16H,3-4,9-10H2,1-2H3,(H,17,19,20). The zero-order chi connectivity index (χ0) is 17.6. The second-order valence-corrected chi connectivity index (χ2v) is 8.09. The molecule has 2 N–H and O–H groups in total. The van der Waals surface area contributed by atoms with Crippen molar-refractivity contribution >= 4 is 32.4 Å². The summed E-state index contributed by atoms with van der Waals surface area (Å²) in [5.41, 5.74) is 1.00. The first-order valence-electron chi connectivity index (χ1n) is 7.59. The molecule has 0 unspecified atom stereocenters. The molecular formula is C15H20N4O3S2. The number of nitrogens with zero attached hydrogens (tertiary/aromatic N) is 2. The zero-order valence-corrected chi connectivity index (χ0v) is 15.2. The molecule has 9 heteroatoms. The topological polar surface area (TPSA) is 101 Å². The lowest BCUT2D eigenvalue weighted by molar-refractivity contribution is -0.116. The van der Waals surface area contributed by atoms with Crippen LogP contribution >= 0.6 is 11.3 Å². The van der Waals surface area contributed by atoms with Crippen LogP contribution in [0.1, 0.15) is 30.3 Å². The Morgan fingerprint density at radius 3 is 2.58 bits per heavy atom. The van der Waals surface area contributed by atoms with Gasteiger partial charge < -0.3 is 5.32 Å². The lowest BCUT2D eigenvalue weighted by atomic mass is 10.2. The van der Waals surface area contributed by atoms with Crippen LogP contribution in [-0.2, 0) is 21.2 Å². The Morgan fingerprint density at radius 2 is 1.92 bits per heavy atom. The highest BCUT2D eigenvalue weighted by molar-refractivity contribution is 7.89.